The van der Waals surface area contributed by atoms with Crippen molar-refractivity contribution in [3.63, 3.8) is 0 Å². The molecule has 0 unspecified atom stereocenters. The molecule has 0 aliphatic rings. The van der Waals surface area contributed by atoms with Crippen molar-refractivity contribution in [2.45, 2.75) is 0 Å². The van der Waals surface area contributed by atoms with Crippen LogP contribution in [0.15, 0.2) is 69.6 Å². The molecule has 6 heteroatoms. The molecule has 25 heavy (non-hydrogen) atoms. The Kier molecular flexibility index (Phi) is 4.78. The average molecular weight is 395 g/mol. The number of benzene rings is 2. The van der Waals surface area contributed by atoms with Crippen LogP contribution in [0.4, 0.5) is 5.69 Å². The van der Waals surface area contributed by atoms with E-state index in [-0.39, 0.29) is 5.69 Å². The second-order valence-corrected chi connectivity index (χ2v) is 6.10. The van der Waals surface area contributed by atoms with Gasteiger partial charge in [-0.15, -0.1) is 0 Å². The van der Waals surface area contributed by atoms with Crippen LogP contribution in [0.25, 0.3) is 23.0 Å². The normalized spacial score (nSPS) is 11.1. The van der Waals surface area contributed by atoms with Gasteiger partial charge in [0, 0.05) is 22.2 Å². The van der Waals surface area contributed by atoms with Crippen molar-refractivity contribution in [3.8, 4) is 17.4 Å². The average Bonchev–Trinajstić information content (AvgIpc) is 3.09. The van der Waals surface area contributed by atoms with Crippen molar-refractivity contribution < 1.29 is 9.34 Å². The van der Waals surface area contributed by atoms with Gasteiger partial charge in [-0.2, -0.15) is 5.26 Å². The molecular formula is C19H11BrN2O3. The molecule has 0 bridgehead atoms. The fourth-order valence-electron chi connectivity index (χ4n) is 2.31. The number of non-ortho nitro benzene ring substituents is 1. The van der Waals surface area contributed by atoms with Gasteiger partial charge in [-0.25, -0.2) is 0 Å². The Balaban J connectivity index is 1.93. The number of hydrogen-bond donors (Lipinski definition) is 0. The van der Waals surface area contributed by atoms with Crippen molar-refractivity contribution >= 4 is 33.3 Å². The maximum absolute atomic E-state index is 10.9. The smallest absolute Gasteiger partial charge is 0.270 e. The minimum absolute atomic E-state index is 0.00133. The molecule has 0 spiro atoms. The lowest BCUT2D eigenvalue weighted by atomic mass is 10.1. The summed E-state index contributed by atoms with van der Waals surface area (Å²) in [5.41, 5.74) is 1.85. The van der Waals surface area contributed by atoms with E-state index in [1.165, 1.54) is 12.1 Å². The van der Waals surface area contributed by atoms with Gasteiger partial charge in [0.2, 0.25) is 0 Å². The van der Waals surface area contributed by atoms with E-state index < -0.39 is 4.92 Å². The van der Waals surface area contributed by atoms with Crippen LogP contribution in [-0.4, -0.2) is 4.92 Å². The summed E-state index contributed by atoms with van der Waals surface area (Å²) >= 11 is 3.36. The minimum atomic E-state index is -0.450. The molecule has 5 nitrogen and oxygen atoms in total. The number of furan rings is 1. The molecule has 0 aliphatic heterocycles. The highest BCUT2D eigenvalue weighted by atomic mass is 79.9. The predicted octanol–water partition coefficient (Wildman–Crippen LogP) is 5.68. The molecule has 0 N–H and O–H groups in total. The van der Waals surface area contributed by atoms with Crippen molar-refractivity contribution in [2.24, 2.45) is 0 Å². The molecule has 0 fully saturated rings. The first-order valence-electron chi connectivity index (χ1n) is 7.29. The molecule has 1 heterocycles. The third-order valence-electron chi connectivity index (χ3n) is 3.53. The number of allylic oxidation sites excluding steroid dienone is 1. The van der Waals surface area contributed by atoms with Gasteiger partial charge in [0.25, 0.3) is 5.69 Å². The van der Waals surface area contributed by atoms with E-state index in [0.717, 1.165) is 10.0 Å². The molecule has 1 aromatic heterocycles. The first-order valence-corrected chi connectivity index (χ1v) is 8.08. The van der Waals surface area contributed by atoms with E-state index >= 15 is 0 Å². The summed E-state index contributed by atoms with van der Waals surface area (Å²) < 4.78 is 6.65. The minimum Gasteiger partial charge on any atom is -0.457 e. The summed E-state index contributed by atoms with van der Waals surface area (Å²) in [7, 11) is 0. The van der Waals surface area contributed by atoms with Crippen LogP contribution in [0, 0.1) is 21.4 Å². The Morgan fingerprint density at radius 3 is 2.60 bits per heavy atom. The zero-order valence-corrected chi connectivity index (χ0v) is 14.4. The van der Waals surface area contributed by atoms with Crippen LogP contribution in [0.5, 0.6) is 0 Å². The number of rotatable bonds is 4. The summed E-state index contributed by atoms with van der Waals surface area (Å²) in [5.74, 6) is 1.00. The number of nitriles is 1. The molecule has 0 radical (unpaired) electrons. The van der Waals surface area contributed by atoms with Crippen LogP contribution < -0.4 is 0 Å². The number of nitrogens with zero attached hydrogens (tertiary/aromatic N) is 2. The standard InChI is InChI=1S/C19H11BrN2O3/c20-16-6-4-13(5-7-16)15(12-21)11-18-8-9-19(25-18)14-2-1-3-17(10-14)22(23)24/h1-11H. The highest BCUT2D eigenvalue weighted by Crippen LogP contribution is 2.27. The van der Waals surface area contributed by atoms with E-state index in [9.17, 15) is 15.4 Å². The fourth-order valence-corrected chi connectivity index (χ4v) is 2.57. The van der Waals surface area contributed by atoms with Gasteiger partial charge < -0.3 is 4.42 Å². The molecule has 0 saturated heterocycles. The zero-order chi connectivity index (χ0) is 17.8. The van der Waals surface area contributed by atoms with Gasteiger partial charge in [0.05, 0.1) is 16.6 Å². The first-order chi connectivity index (χ1) is 12.1. The largest absolute Gasteiger partial charge is 0.457 e. The van der Waals surface area contributed by atoms with E-state index in [0.29, 0.717) is 22.7 Å². The quantitative estimate of drug-likeness (QED) is 0.323. The van der Waals surface area contributed by atoms with Crippen LogP contribution in [0.2, 0.25) is 0 Å². The van der Waals surface area contributed by atoms with Crippen LogP contribution in [0.3, 0.4) is 0 Å². The van der Waals surface area contributed by atoms with Crippen molar-refractivity contribution in [1.29, 1.82) is 5.26 Å². The Morgan fingerprint density at radius 2 is 1.92 bits per heavy atom. The lowest BCUT2D eigenvalue weighted by Gasteiger charge is -1.99. The second kappa shape index (κ2) is 7.16. The molecular weight excluding hydrogens is 384 g/mol. The fraction of sp³-hybridized carbons (Fsp3) is 0. The second-order valence-electron chi connectivity index (χ2n) is 5.19. The van der Waals surface area contributed by atoms with Crippen LogP contribution in [-0.2, 0) is 0 Å². The Hall–Kier alpha value is -3.17. The summed E-state index contributed by atoms with van der Waals surface area (Å²) in [6.07, 6.45) is 1.64. The van der Waals surface area contributed by atoms with E-state index in [4.69, 9.17) is 4.42 Å². The molecule has 0 saturated carbocycles. The summed E-state index contributed by atoms with van der Waals surface area (Å²) in [5, 5.41) is 20.3. The van der Waals surface area contributed by atoms with E-state index in [1.54, 1.807) is 30.3 Å². The number of hydrogen-bond acceptors (Lipinski definition) is 4. The zero-order valence-electron chi connectivity index (χ0n) is 12.8. The lowest BCUT2D eigenvalue weighted by molar-refractivity contribution is -0.384. The van der Waals surface area contributed by atoms with Gasteiger partial charge in [0.15, 0.2) is 0 Å². The van der Waals surface area contributed by atoms with Crippen LogP contribution >= 0.6 is 15.9 Å². The monoisotopic (exact) mass is 394 g/mol. The maximum Gasteiger partial charge on any atom is 0.270 e. The predicted molar refractivity (Wildman–Crippen MR) is 98.4 cm³/mol. The van der Waals surface area contributed by atoms with Gasteiger partial charge >= 0.3 is 0 Å². The molecule has 3 rings (SSSR count). The first kappa shape index (κ1) is 16.7. The van der Waals surface area contributed by atoms with Gasteiger partial charge in [-0.1, -0.05) is 40.2 Å². The topological polar surface area (TPSA) is 80.1 Å². The summed E-state index contributed by atoms with van der Waals surface area (Å²) in [6.45, 7) is 0. The molecule has 0 amide bonds. The summed E-state index contributed by atoms with van der Waals surface area (Å²) in [6, 6.07) is 19.2. The number of nitro groups is 1. The molecule has 0 aliphatic carbocycles. The third-order valence-corrected chi connectivity index (χ3v) is 4.06. The lowest BCUT2D eigenvalue weighted by Crippen LogP contribution is -1.87. The van der Waals surface area contributed by atoms with E-state index in [1.807, 2.05) is 24.3 Å². The Bertz CT molecular complexity index is 998. The molecule has 122 valence electrons. The SMILES string of the molecule is N#CC(=Cc1ccc(-c2cccc([N+](=O)[O-])c2)o1)c1ccc(Br)cc1. The molecule has 3 aromatic rings. The number of nitro benzene ring substituents is 1. The maximum atomic E-state index is 10.9. The highest BCUT2D eigenvalue weighted by molar-refractivity contribution is 9.10. The van der Waals surface area contributed by atoms with Crippen molar-refractivity contribution in [3.05, 3.63) is 86.6 Å². The molecule has 0 atom stereocenters. The van der Waals surface area contributed by atoms with Crippen LogP contribution in [0.1, 0.15) is 11.3 Å². The Labute approximate surface area is 152 Å². The highest BCUT2D eigenvalue weighted by Gasteiger charge is 2.10. The van der Waals surface area contributed by atoms with Crippen molar-refractivity contribution in [2.75, 3.05) is 0 Å². The van der Waals surface area contributed by atoms with E-state index in [2.05, 4.69) is 22.0 Å². The molecule has 2 aromatic carbocycles. The van der Waals surface area contributed by atoms with Crippen molar-refractivity contribution in [1.82, 2.24) is 0 Å². The summed E-state index contributed by atoms with van der Waals surface area (Å²) in [4.78, 5) is 10.4. The number of halogens is 1. The Morgan fingerprint density at radius 1 is 1.16 bits per heavy atom. The van der Waals surface area contributed by atoms with Gasteiger partial charge in [-0.05, 0) is 35.9 Å². The van der Waals surface area contributed by atoms with Gasteiger partial charge in [-0.3, -0.25) is 10.1 Å². The van der Waals surface area contributed by atoms with Gasteiger partial charge in [0.1, 0.15) is 11.5 Å². The third kappa shape index (κ3) is 3.84.